The first kappa shape index (κ1) is 10.5. The monoisotopic (exact) mass is 194 g/mol. The first-order chi connectivity index (χ1) is 6.85. The molecule has 2 rings (SSSR count). The number of rotatable bonds is 2. The van der Waals surface area contributed by atoms with Gasteiger partial charge in [-0.15, -0.1) is 0 Å². The van der Waals surface area contributed by atoms with E-state index in [1.54, 1.807) is 25.7 Å². The van der Waals surface area contributed by atoms with E-state index in [9.17, 15) is 0 Å². The number of fused-ring (bicyclic) bond motifs is 1. The molecule has 0 spiro atoms. The standard InChI is InChI=1S/C14H26/c1-3-11-8-9-13-6-5-7-14(13)10-12(11)4-2/h11-14H,3-10H2,1-2H3. The fraction of sp³-hybridized carbons (Fsp3) is 1.00. The van der Waals surface area contributed by atoms with E-state index < -0.39 is 0 Å². The molecular formula is C14H26. The van der Waals surface area contributed by atoms with Crippen molar-refractivity contribution in [3.8, 4) is 0 Å². The fourth-order valence-electron chi connectivity index (χ4n) is 4.09. The Morgan fingerprint density at radius 2 is 1.50 bits per heavy atom. The quantitative estimate of drug-likeness (QED) is 0.601. The molecule has 0 aromatic rings. The molecule has 0 aromatic heterocycles. The van der Waals surface area contributed by atoms with Crippen molar-refractivity contribution >= 4 is 0 Å². The molecule has 0 N–H and O–H groups in total. The van der Waals surface area contributed by atoms with E-state index in [2.05, 4.69) is 13.8 Å². The molecule has 0 heteroatoms. The Bertz CT molecular complexity index is 173. The maximum atomic E-state index is 2.41. The second kappa shape index (κ2) is 4.68. The average molecular weight is 194 g/mol. The lowest BCUT2D eigenvalue weighted by molar-refractivity contribution is 0.267. The van der Waals surface area contributed by atoms with Crippen molar-refractivity contribution in [3.05, 3.63) is 0 Å². The van der Waals surface area contributed by atoms with E-state index >= 15 is 0 Å². The summed E-state index contributed by atoms with van der Waals surface area (Å²) in [6, 6.07) is 0. The Kier molecular flexibility index (Phi) is 3.52. The van der Waals surface area contributed by atoms with Crippen molar-refractivity contribution in [1.29, 1.82) is 0 Å². The van der Waals surface area contributed by atoms with Crippen LogP contribution >= 0.6 is 0 Å². The SMILES string of the molecule is CCC1CCC2CCCC2CC1CC. The number of hydrogen-bond donors (Lipinski definition) is 0. The van der Waals surface area contributed by atoms with Gasteiger partial charge in [0, 0.05) is 0 Å². The Balaban J connectivity index is 2.01. The second-order valence-corrected chi connectivity index (χ2v) is 5.60. The van der Waals surface area contributed by atoms with Gasteiger partial charge in [0.05, 0.1) is 0 Å². The summed E-state index contributed by atoms with van der Waals surface area (Å²) in [7, 11) is 0. The van der Waals surface area contributed by atoms with Gasteiger partial charge in [0.2, 0.25) is 0 Å². The summed E-state index contributed by atoms with van der Waals surface area (Å²) in [4.78, 5) is 0. The minimum atomic E-state index is 1.06. The molecule has 0 radical (unpaired) electrons. The molecule has 0 aromatic carbocycles. The zero-order valence-corrected chi connectivity index (χ0v) is 9.97. The van der Waals surface area contributed by atoms with E-state index in [0.717, 1.165) is 23.7 Å². The number of hydrogen-bond acceptors (Lipinski definition) is 0. The van der Waals surface area contributed by atoms with E-state index in [-0.39, 0.29) is 0 Å². The predicted octanol–water partition coefficient (Wildman–Crippen LogP) is 4.64. The van der Waals surface area contributed by atoms with Crippen molar-refractivity contribution in [2.45, 2.75) is 65.2 Å². The van der Waals surface area contributed by atoms with Gasteiger partial charge in [0.15, 0.2) is 0 Å². The molecule has 0 heterocycles. The highest BCUT2D eigenvalue weighted by Gasteiger charge is 2.34. The Morgan fingerprint density at radius 1 is 0.786 bits per heavy atom. The zero-order valence-electron chi connectivity index (χ0n) is 9.97. The van der Waals surface area contributed by atoms with Gasteiger partial charge in [-0.3, -0.25) is 0 Å². The van der Waals surface area contributed by atoms with E-state index in [0.29, 0.717) is 0 Å². The summed E-state index contributed by atoms with van der Waals surface area (Å²) >= 11 is 0. The summed E-state index contributed by atoms with van der Waals surface area (Å²) in [5.41, 5.74) is 0. The maximum Gasteiger partial charge on any atom is -0.0383 e. The van der Waals surface area contributed by atoms with Crippen molar-refractivity contribution in [2.75, 3.05) is 0 Å². The summed E-state index contributed by atoms with van der Waals surface area (Å²) in [5, 5.41) is 0. The smallest absolute Gasteiger partial charge is 0.0383 e. The van der Waals surface area contributed by atoms with Crippen LogP contribution < -0.4 is 0 Å². The van der Waals surface area contributed by atoms with Crippen LogP contribution in [0.1, 0.15) is 65.2 Å². The van der Waals surface area contributed by atoms with Crippen molar-refractivity contribution in [1.82, 2.24) is 0 Å². The molecule has 2 aliphatic carbocycles. The van der Waals surface area contributed by atoms with Crippen LogP contribution in [0, 0.1) is 23.7 Å². The molecule has 4 unspecified atom stereocenters. The molecule has 2 aliphatic rings. The van der Waals surface area contributed by atoms with Crippen LogP contribution in [0.5, 0.6) is 0 Å². The second-order valence-electron chi connectivity index (χ2n) is 5.60. The molecule has 2 saturated carbocycles. The van der Waals surface area contributed by atoms with Crippen molar-refractivity contribution < 1.29 is 0 Å². The van der Waals surface area contributed by atoms with Crippen LogP contribution in [0.15, 0.2) is 0 Å². The third-order valence-electron chi connectivity index (χ3n) is 5.05. The van der Waals surface area contributed by atoms with E-state index in [1.807, 2.05) is 0 Å². The highest BCUT2D eigenvalue weighted by atomic mass is 14.4. The van der Waals surface area contributed by atoms with Crippen LogP contribution in [-0.4, -0.2) is 0 Å². The van der Waals surface area contributed by atoms with Gasteiger partial charge in [0.1, 0.15) is 0 Å². The van der Waals surface area contributed by atoms with Gasteiger partial charge >= 0.3 is 0 Å². The van der Waals surface area contributed by atoms with Gasteiger partial charge < -0.3 is 0 Å². The molecule has 0 saturated heterocycles. The molecule has 0 nitrogen and oxygen atoms in total. The van der Waals surface area contributed by atoms with E-state index in [4.69, 9.17) is 0 Å². The molecule has 14 heavy (non-hydrogen) atoms. The fourth-order valence-corrected chi connectivity index (χ4v) is 4.09. The lowest BCUT2D eigenvalue weighted by Gasteiger charge is -2.24. The van der Waals surface area contributed by atoms with Crippen LogP contribution in [0.2, 0.25) is 0 Å². The first-order valence-electron chi connectivity index (χ1n) is 6.85. The molecule has 82 valence electrons. The molecule has 2 fully saturated rings. The van der Waals surface area contributed by atoms with Crippen LogP contribution in [0.3, 0.4) is 0 Å². The van der Waals surface area contributed by atoms with Gasteiger partial charge in [-0.2, -0.15) is 0 Å². The third kappa shape index (κ3) is 1.99. The largest absolute Gasteiger partial charge is 0.0651 e. The van der Waals surface area contributed by atoms with Gasteiger partial charge in [-0.25, -0.2) is 0 Å². The zero-order chi connectivity index (χ0) is 9.97. The third-order valence-corrected chi connectivity index (χ3v) is 5.05. The summed E-state index contributed by atoms with van der Waals surface area (Å²) < 4.78 is 0. The van der Waals surface area contributed by atoms with Gasteiger partial charge in [-0.05, 0) is 42.9 Å². The molecule has 0 bridgehead atoms. The summed E-state index contributed by atoms with van der Waals surface area (Å²) in [5.74, 6) is 4.37. The normalized spacial score (nSPS) is 43.3. The van der Waals surface area contributed by atoms with Crippen molar-refractivity contribution in [2.24, 2.45) is 23.7 Å². The average Bonchev–Trinajstić information content (AvgIpc) is 2.58. The molecular weight excluding hydrogens is 168 g/mol. The Morgan fingerprint density at radius 3 is 2.21 bits per heavy atom. The molecule has 4 atom stereocenters. The first-order valence-corrected chi connectivity index (χ1v) is 6.85. The molecule has 0 amide bonds. The van der Waals surface area contributed by atoms with Crippen LogP contribution in [0.25, 0.3) is 0 Å². The van der Waals surface area contributed by atoms with Crippen molar-refractivity contribution in [3.63, 3.8) is 0 Å². The van der Waals surface area contributed by atoms with Gasteiger partial charge in [0.25, 0.3) is 0 Å². The highest BCUT2D eigenvalue weighted by molar-refractivity contribution is 4.85. The molecule has 0 aliphatic heterocycles. The van der Waals surface area contributed by atoms with Crippen LogP contribution in [-0.2, 0) is 0 Å². The topological polar surface area (TPSA) is 0 Å². The predicted molar refractivity (Wildman–Crippen MR) is 62.2 cm³/mol. The van der Waals surface area contributed by atoms with E-state index in [1.165, 1.54) is 25.7 Å². The van der Waals surface area contributed by atoms with Crippen LogP contribution in [0.4, 0.5) is 0 Å². The lowest BCUT2D eigenvalue weighted by atomic mass is 9.82. The summed E-state index contributed by atoms with van der Waals surface area (Å²) in [6.45, 7) is 4.80. The minimum absolute atomic E-state index is 1.06. The minimum Gasteiger partial charge on any atom is -0.0651 e. The Hall–Kier alpha value is 0. The summed E-state index contributed by atoms with van der Waals surface area (Å²) in [6.07, 6.45) is 12.2. The van der Waals surface area contributed by atoms with Gasteiger partial charge in [-0.1, -0.05) is 46.0 Å². The Labute approximate surface area is 89.5 Å². The lowest BCUT2D eigenvalue weighted by Crippen LogP contribution is -2.14. The maximum absolute atomic E-state index is 2.41. The highest BCUT2D eigenvalue weighted by Crippen LogP contribution is 2.45.